The predicted octanol–water partition coefficient (Wildman–Crippen LogP) is 2.13. The zero-order valence-corrected chi connectivity index (χ0v) is 11.8. The molecule has 2 rings (SSSR count). The van der Waals surface area contributed by atoms with E-state index in [9.17, 15) is 5.11 Å². The summed E-state index contributed by atoms with van der Waals surface area (Å²) in [7, 11) is 1.66. The van der Waals surface area contributed by atoms with Crippen molar-refractivity contribution in [1.82, 2.24) is 0 Å². The van der Waals surface area contributed by atoms with Gasteiger partial charge in [-0.1, -0.05) is 48.5 Å². The molecule has 0 amide bonds. The Morgan fingerprint density at radius 1 is 1.05 bits per heavy atom. The smallest absolute Gasteiger partial charge is 0.122 e. The minimum atomic E-state index is -0.476. The van der Waals surface area contributed by atoms with Gasteiger partial charge in [-0.3, -0.25) is 0 Å². The highest BCUT2D eigenvalue weighted by atomic mass is 16.5. The average molecular weight is 271 g/mol. The third-order valence-corrected chi connectivity index (χ3v) is 3.80. The number of rotatable bonds is 6. The van der Waals surface area contributed by atoms with E-state index in [1.165, 1.54) is 0 Å². The molecule has 0 fully saturated rings. The van der Waals surface area contributed by atoms with E-state index >= 15 is 0 Å². The second-order valence-electron chi connectivity index (χ2n) is 5.00. The van der Waals surface area contributed by atoms with Crippen molar-refractivity contribution in [1.29, 1.82) is 0 Å². The number of para-hydroxylation sites is 1. The Kier molecular flexibility index (Phi) is 4.77. The van der Waals surface area contributed by atoms with Crippen molar-refractivity contribution in [3.8, 4) is 5.75 Å². The van der Waals surface area contributed by atoms with Crippen LogP contribution in [0.2, 0.25) is 0 Å². The fraction of sp³-hybridized carbons (Fsp3) is 0.294. The molecule has 0 saturated heterocycles. The summed E-state index contributed by atoms with van der Waals surface area (Å²) in [6.45, 7) is 0.386. The molecule has 0 aliphatic rings. The van der Waals surface area contributed by atoms with Gasteiger partial charge in [0.15, 0.2) is 0 Å². The highest BCUT2D eigenvalue weighted by Crippen LogP contribution is 2.31. The maximum atomic E-state index is 9.93. The van der Waals surface area contributed by atoms with Crippen LogP contribution in [0.5, 0.6) is 5.75 Å². The third kappa shape index (κ3) is 2.84. The minimum absolute atomic E-state index is 0.00552. The number of hydrogen-bond donors (Lipinski definition) is 2. The van der Waals surface area contributed by atoms with Crippen molar-refractivity contribution in [2.45, 2.75) is 11.8 Å². The van der Waals surface area contributed by atoms with Crippen LogP contribution in [0.15, 0.2) is 54.6 Å². The highest BCUT2D eigenvalue weighted by molar-refractivity contribution is 5.38. The number of benzene rings is 2. The van der Waals surface area contributed by atoms with E-state index in [2.05, 4.69) is 0 Å². The molecule has 0 heterocycles. The lowest BCUT2D eigenvalue weighted by atomic mass is 9.76. The van der Waals surface area contributed by atoms with Crippen LogP contribution >= 0.6 is 0 Å². The van der Waals surface area contributed by atoms with Crippen LogP contribution < -0.4 is 10.5 Å². The lowest BCUT2D eigenvalue weighted by Crippen LogP contribution is -2.41. The van der Waals surface area contributed by atoms with Crippen LogP contribution in [0.3, 0.4) is 0 Å². The van der Waals surface area contributed by atoms with Gasteiger partial charge in [0.1, 0.15) is 5.75 Å². The molecular formula is C17H21NO2. The Bertz CT molecular complexity index is 536. The van der Waals surface area contributed by atoms with E-state index in [1.54, 1.807) is 7.11 Å². The number of hydrogen-bond acceptors (Lipinski definition) is 3. The summed E-state index contributed by atoms with van der Waals surface area (Å²) in [5.41, 5.74) is 7.62. The molecule has 0 spiro atoms. The first kappa shape index (κ1) is 14.6. The van der Waals surface area contributed by atoms with Crippen molar-refractivity contribution < 1.29 is 9.84 Å². The normalized spacial score (nSPS) is 13.8. The van der Waals surface area contributed by atoms with Gasteiger partial charge in [0.25, 0.3) is 0 Å². The lowest BCUT2D eigenvalue weighted by molar-refractivity contribution is 0.195. The van der Waals surface area contributed by atoms with E-state index in [-0.39, 0.29) is 6.61 Å². The van der Waals surface area contributed by atoms with Gasteiger partial charge >= 0.3 is 0 Å². The highest BCUT2D eigenvalue weighted by Gasteiger charge is 2.31. The Hall–Kier alpha value is -1.84. The first-order valence-corrected chi connectivity index (χ1v) is 6.74. The first-order valence-electron chi connectivity index (χ1n) is 6.74. The summed E-state index contributed by atoms with van der Waals surface area (Å²) in [6, 6.07) is 17.8. The summed E-state index contributed by atoms with van der Waals surface area (Å²) >= 11 is 0. The van der Waals surface area contributed by atoms with Gasteiger partial charge in [-0.2, -0.15) is 0 Å². The quantitative estimate of drug-likeness (QED) is 0.846. The third-order valence-electron chi connectivity index (χ3n) is 3.80. The molecule has 2 aromatic rings. The number of nitrogens with two attached hydrogens (primary N) is 1. The summed E-state index contributed by atoms with van der Waals surface area (Å²) in [5, 5.41) is 9.93. The van der Waals surface area contributed by atoms with Gasteiger partial charge in [-0.05, 0) is 23.6 Å². The van der Waals surface area contributed by atoms with Crippen molar-refractivity contribution in [2.75, 3.05) is 20.3 Å². The molecule has 0 aliphatic heterocycles. The molecule has 106 valence electrons. The topological polar surface area (TPSA) is 55.5 Å². The second kappa shape index (κ2) is 6.55. The van der Waals surface area contributed by atoms with Crippen LogP contribution in [0, 0.1) is 0 Å². The van der Waals surface area contributed by atoms with Gasteiger partial charge in [0, 0.05) is 12.0 Å². The van der Waals surface area contributed by atoms with Gasteiger partial charge in [-0.25, -0.2) is 0 Å². The van der Waals surface area contributed by atoms with Crippen molar-refractivity contribution in [2.24, 2.45) is 5.73 Å². The minimum Gasteiger partial charge on any atom is -0.496 e. The molecule has 0 aromatic heterocycles. The summed E-state index contributed by atoms with van der Waals surface area (Å²) < 4.78 is 5.39. The Balaban J connectivity index is 2.39. The van der Waals surface area contributed by atoms with Crippen LogP contribution in [0.4, 0.5) is 0 Å². The predicted molar refractivity (Wildman–Crippen MR) is 81.0 cm³/mol. The maximum Gasteiger partial charge on any atom is 0.122 e. The van der Waals surface area contributed by atoms with Crippen molar-refractivity contribution >= 4 is 0 Å². The Labute approximate surface area is 120 Å². The monoisotopic (exact) mass is 271 g/mol. The number of ether oxygens (including phenoxy) is 1. The molecule has 1 atom stereocenters. The first-order chi connectivity index (χ1) is 9.75. The lowest BCUT2D eigenvalue weighted by Gasteiger charge is -2.31. The molecule has 1 unspecified atom stereocenters. The fourth-order valence-corrected chi connectivity index (χ4v) is 2.51. The molecule has 3 heteroatoms. The van der Waals surface area contributed by atoms with Gasteiger partial charge in [0.05, 0.1) is 13.7 Å². The molecule has 0 radical (unpaired) electrons. The summed E-state index contributed by atoms with van der Waals surface area (Å²) in [5.74, 6) is 0.828. The SMILES string of the molecule is COc1ccccc1CC(CN)(CO)c1ccccc1. The summed E-state index contributed by atoms with van der Waals surface area (Å²) in [6.07, 6.45) is 0.647. The number of aliphatic hydroxyl groups is 1. The van der Waals surface area contributed by atoms with Crippen LogP contribution in [-0.2, 0) is 11.8 Å². The molecule has 2 aromatic carbocycles. The molecule has 3 nitrogen and oxygen atoms in total. The molecule has 0 saturated carbocycles. The Morgan fingerprint density at radius 2 is 1.70 bits per heavy atom. The zero-order chi connectivity index (χ0) is 14.4. The second-order valence-corrected chi connectivity index (χ2v) is 5.00. The average Bonchev–Trinajstić information content (AvgIpc) is 2.54. The summed E-state index contributed by atoms with van der Waals surface area (Å²) in [4.78, 5) is 0. The Morgan fingerprint density at radius 3 is 2.30 bits per heavy atom. The zero-order valence-electron chi connectivity index (χ0n) is 11.8. The standard InChI is InChI=1S/C17H21NO2/c1-20-16-10-6-5-7-14(16)11-17(12-18,13-19)15-8-3-2-4-9-15/h2-10,19H,11-13,18H2,1H3. The van der Waals surface area contributed by atoms with E-state index in [4.69, 9.17) is 10.5 Å². The number of aliphatic hydroxyl groups excluding tert-OH is 1. The van der Waals surface area contributed by atoms with Gasteiger partial charge < -0.3 is 15.6 Å². The fourth-order valence-electron chi connectivity index (χ4n) is 2.51. The molecule has 3 N–H and O–H groups in total. The van der Waals surface area contributed by atoms with E-state index in [0.717, 1.165) is 16.9 Å². The largest absolute Gasteiger partial charge is 0.496 e. The number of methoxy groups -OCH3 is 1. The van der Waals surface area contributed by atoms with E-state index in [1.807, 2.05) is 54.6 Å². The van der Waals surface area contributed by atoms with Gasteiger partial charge in [0.2, 0.25) is 0 Å². The van der Waals surface area contributed by atoms with Crippen molar-refractivity contribution in [3.05, 3.63) is 65.7 Å². The van der Waals surface area contributed by atoms with Gasteiger partial charge in [-0.15, -0.1) is 0 Å². The molecule has 0 bridgehead atoms. The molecule has 20 heavy (non-hydrogen) atoms. The van der Waals surface area contributed by atoms with E-state index < -0.39 is 5.41 Å². The van der Waals surface area contributed by atoms with Crippen LogP contribution in [0.1, 0.15) is 11.1 Å². The molecular weight excluding hydrogens is 250 g/mol. The molecule has 0 aliphatic carbocycles. The maximum absolute atomic E-state index is 9.93. The van der Waals surface area contributed by atoms with Crippen LogP contribution in [0.25, 0.3) is 0 Å². The van der Waals surface area contributed by atoms with Crippen LogP contribution in [-0.4, -0.2) is 25.4 Å². The van der Waals surface area contributed by atoms with Crippen molar-refractivity contribution in [3.63, 3.8) is 0 Å². The van der Waals surface area contributed by atoms with E-state index in [0.29, 0.717) is 13.0 Å².